The van der Waals surface area contributed by atoms with Crippen LogP contribution < -0.4 is 10.2 Å². The van der Waals surface area contributed by atoms with E-state index in [1.165, 1.54) is 12.1 Å². The standard InChI is InChI=1S/C13H17N3/c1-2-4-12(5-3-1)15-8-9-16(11-15)13-6-7-14-10-13/h1-5,8-9,13-14H,6-7,10-11H2/t13-/m0/s1. The summed E-state index contributed by atoms with van der Waals surface area (Å²) >= 11 is 0. The van der Waals surface area contributed by atoms with E-state index in [4.69, 9.17) is 0 Å². The van der Waals surface area contributed by atoms with Gasteiger partial charge in [0.2, 0.25) is 0 Å². The molecule has 1 aromatic carbocycles. The zero-order valence-electron chi connectivity index (χ0n) is 9.34. The number of hydrogen-bond donors (Lipinski definition) is 1. The first-order valence-corrected chi connectivity index (χ1v) is 5.90. The Morgan fingerprint density at radius 2 is 2.00 bits per heavy atom. The summed E-state index contributed by atoms with van der Waals surface area (Å²) in [7, 11) is 0. The number of anilines is 1. The highest BCUT2D eigenvalue weighted by Gasteiger charge is 2.24. The Labute approximate surface area is 96.4 Å². The highest BCUT2D eigenvalue weighted by molar-refractivity contribution is 5.49. The zero-order valence-corrected chi connectivity index (χ0v) is 9.34. The third kappa shape index (κ3) is 1.78. The molecule has 0 saturated carbocycles. The quantitative estimate of drug-likeness (QED) is 0.808. The second-order valence-corrected chi connectivity index (χ2v) is 4.41. The molecule has 3 rings (SSSR count). The second kappa shape index (κ2) is 4.18. The van der Waals surface area contributed by atoms with Gasteiger partial charge in [-0.15, -0.1) is 0 Å². The van der Waals surface area contributed by atoms with E-state index in [0.29, 0.717) is 6.04 Å². The van der Waals surface area contributed by atoms with Gasteiger partial charge in [0.15, 0.2) is 0 Å². The third-order valence-corrected chi connectivity index (χ3v) is 3.34. The average Bonchev–Trinajstić information content (AvgIpc) is 3.01. The molecule has 2 aliphatic heterocycles. The number of nitrogens with zero attached hydrogens (tertiary/aromatic N) is 2. The lowest BCUT2D eigenvalue weighted by molar-refractivity contribution is 0.315. The van der Waals surface area contributed by atoms with Crippen molar-refractivity contribution in [2.45, 2.75) is 12.5 Å². The van der Waals surface area contributed by atoms with E-state index in [0.717, 1.165) is 19.8 Å². The molecule has 3 nitrogen and oxygen atoms in total. The molecule has 3 heteroatoms. The van der Waals surface area contributed by atoms with Crippen molar-refractivity contribution in [3.05, 3.63) is 42.7 Å². The number of para-hydroxylation sites is 1. The maximum Gasteiger partial charge on any atom is 0.0945 e. The molecule has 1 N–H and O–H groups in total. The molecule has 16 heavy (non-hydrogen) atoms. The first-order valence-electron chi connectivity index (χ1n) is 5.90. The van der Waals surface area contributed by atoms with Crippen molar-refractivity contribution in [3.8, 4) is 0 Å². The Morgan fingerprint density at radius 1 is 1.12 bits per heavy atom. The first-order chi connectivity index (χ1) is 7.93. The minimum absolute atomic E-state index is 0.671. The average molecular weight is 215 g/mol. The van der Waals surface area contributed by atoms with E-state index in [1.807, 2.05) is 0 Å². The van der Waals surface area contributed by atoms with Crippen LogP contribution in [0.25, 0.3) is 0 Å². The van der Waals surface area contributed by atoms with Crippen molar-refractivity contribution < 1.29 is 0 Å². The van der Waals surface area contributed by atoms with Crippen LogP contribution in [0.5, 0.6) is 0 Å². The Bertz CT molecular complexity index is 368. The molecule has 0 unspecified atom stereocenters. The summed E-state index contributed by atoms with van der Waals surface area (Å²) < 4.78 is 0. The molecule has 0 aromatic heterocycles. The molecular formula is C13H17N3. The van der Waals surface area contributed by atoms with Crippen LogP contribution in [0, 0.1) is 0 Å². The van der Waals surface area contributed by atoms with E-state index < -0.39 is 0 Å². The lowest BCUT2D eigenvalue weighted by Crippen LogP contribution is -2.35. The van der Waals surface area contributed by atoms with Crippen molar-refractivity contribution in [2.75, 3.05) is 24.7 Å². The first kappa shape index (κ1) is 9.73. The van der Waals surface area contributed by atoms with E-state index in [1.54, 1.807) is 0 Å². The molecule has 0 radical (unpaired) electrons. The van der Waals surface area contributed by atoms with Crippen molar-refractivity contribution in [3.63, 3.8) is 0 Å². The molecule has 1 saturated heterocycles. The van der Waals surface area contributed by atoms with Gasteiger partial charge in [0.05, 0.1) is 6.67 Å². The topological polar surface area (TPSA) is 18.5 Å². The van der Waals surface area contributed by atoms with Crippen molar-refractivity contribution >= 4 is 5.69 Å². The van der Waals surface area contributed by atoms with Gasteiger partial charge >= 0.3 is 0 Å². The number of rotatable bonds is 2. The lowest BCUT2D eigenvalue weighted by atomic mass is 10.2. The van der Waals surface area contributed by atoms with Gasteiger partial charge in [-0.1, -0.05) is 18.2 Å². The largest absolute Gasteiger partial charge is 0.354 e. The Morgan fingerprint density at radius 3 is 2.75 bits per heavy atom. The molecule has 0 amide bonds. The Balaban J connectivity index is 1.68. The molecule has 1 aromatic rings. The van der Waals surface area contributed by atoms with Gasteiger partial charge in [0.1, 0.15) is 0 Å². The van der Waals surface area contributed by atoms with Crippen LogP contribution in [0.15, 0.2) is 42.7 Å². The van der Waals surface area contributed by atoms with E-state index in [-0.39, 0.29) is 0 Å². The van der Waals surface area contributed by atoms with Gasteiger partial charge in [-0.25, -0.2) is 0 Å². The minimum atomic E-state index is 0.671. The Kier molecular flexibility index (Phi) is 2.54. The number of benzene rings is 1. The van der Waals surface area contributed by atoms with E-state index in [9.17, 15) is 0 Å². The van der Waals surface area contributed by atoms with Crippen LogP contribution in [0.2, 0.25) is 0 Å². The molecular weight excluding hydrogens is 198 g/mol. The van der Waals surface area contributed by atoms with Gasteiger partial charge < -0.3 is 15.1 Å². The maximum atomic E-state index is 3.41. The minimum Gasteiger partial charge on any atom is -0.354 e. The molecule has 1 atom stereocenters. The zero-order chi connectivity index (χ0) is 10.8. The van der Waals surface area contributed by atoms with Crippen molar-refractivity contribution in [1.29, 1.82) is 0 Å². The summed E-state index contributed by atoms with van der Waals surface area (Å²) in [6, 6.07) is 11.2. The molecule has 0 bridgehead atoms. The normalized spacial score (nSPS) is 24.4. The molecule has 84 valence electrons. The summed E-state index contributed by atoms with van der Waals surface area (Å²) in [5.41, 5.74) is 1.27. The summed E-state index contributed by atoms with van der Waals surface area (Å²) in [5, 5.41) is 3.41. The second-order valence-electron chi connectivity index (χ2n) is 4.41. The molecule has 2 heterocycles. The highest BCUT2D eigenvalue weighted by Crippen LogP contribution is 2.21. The van der Waals surface area contributed by atoms with Crippen LogP contribution in [0.1, 0.15) is 6.42 Å². The van der Waals surface area contributed by atoms with Crippen LogP contribution in [0.4, 0.5) is 5.69 Å². The fraction of sp³-hybridized carbons (Fsp3) is 0.385. The van der Waals surface area contributed by atoms with Gasteiger partial charge in [0, 0.05) is 30.7 Å². The summed E-state index contributed by atoms with van der Waals surface area (Å²) in [6.07, 6.45) is 5.64. The van der Waals surface area contributed by atoms with Crippen LogP contribution >= 0.6 is 0 Å². The van der Waals surface area contributed by atoms with Crippen LogP contribution in [-0.4, -0.2) is 30.7 Å². The maximum absolute atomic E-state index is 3.41. The van der Waals surface area contributed by atoms with Gasteiger partial charge in [-0.3, -0.25) is 0 Å². The van der Waals surface area contributed by atoms with Gasteiger partial charge in [0.25, 0.3) is 0 Å². The molecule has 2 aliphatic rings. The van der Waals surface area contributed by atoms with Crippen molar-refractivity contribution in [1.82, 2.24) is 10.2 Å². The van der Waals surface area contributed by atoms with Crippen molar-refractivity contribution in [2.24, 2.45) is 0 Å². The molecule has 1 fully saturated rings. The highest BCUT2D eigenvalue weighted by atomic mass is 15.4. The van der Waals surface area contributed by atoms with E-state index in [2.05, 4.69) is 57.8 Å². The predicted octanol–water partition coefficient (Wildman–Crippen LogP) is 1.60. The SMILES string of the molecule is C1=CN([C@H]2CCNC2)CN1c1ccccc1. The summed E-state index contributed by atoms with van der Waals surface area (Å²) in [5.74, 6) is 0. The van der Waals surface area contributed by atoms with Crippen LogP contribution in [0.3, 0.4) is 0 Å². The smallest absolute Gasteiger partial charge is 0.0945 e. The lowest BCUT2D eigenvalue weighted by Gasteiger charge is -2.26. The number of hydrogen-bond acceptors (Lipinski definition) is 3. The monoisotopic (exact) mass is 215 g/mol. The molecule has 0 aliphatic carbocycles. The fourth-order valence-electron chi connectivity index (χ4n) is 2.38. The van der Waals surface area contributed by atoms with Gasteiger partial charge in [-0.2, -0.15) is 0 Å². The third-order valence-electron chi connectivity index (χ3n) is 3.34. The predicted molar refractivity (Wildman–Crippen MR) is 66.0 cm³/mol. The Hall–Kier alpha value is -1.48. The molecule has 0 spiro atoms. The fourth-order valence-corrected chi connectivity index (χ4v) is 2.38. The van der Waals surface area contributed by atoms with Crippen LogP contribution in [-0.2, 0) is 0 Å². The van der Waals surface area contributed by atoms with E-state index >= 15 is 0 Å². The number of nitrogens with one attached hydrogen (secondary N) is 1. The summed E-state index contributed by atoms with van der Waals surface area (Å²) in [4.78, 5) is 4.71. The summed E-state index contributed by atoms with van der Waals surface area (Å²) in [6.45, 7) is 3.25. The van der Waals surface area contributed by atoms with Gasteiger partial charge in [-0.05, 0) is 25.1 Å².